The third-order valence-electron chi connectivity index (χ3n) is 4.13. The van der Waals surface area contributed by atoms with E-state index in [4.69, 9.17) is 9.15 Å². The maximum atomic E-state index is 12.6. The molecule has 0 fully saturated rings. The Kier molecular flexibility index (Phi) is 3.89. The Labute approximate surface area is 149 Å². The highest BCUT2D eigenvalue weighted by Crippen LogP contribution is 2.32. The molecule has 1 aromatic carbocycles. The molecule has 0 unspecified atom stereocenters. The highest BCUT2D eigenvalue weighted by atomic mass is 16.5. The van der Waals surface area contributed by atoms with E-state index < -0.39 is 0 Å². The fourth-order valence-electron chi connectivity index (χ4n) is 2.79. The van der Waals surface area contributed by atoms with Crippen molar-refractivity contribution in [3.8, 4) is 11.6 Å². The van der Waals surface area contributed by atoms with Gasteiger partial charge in [0.2, 0.25) is 0 Å². The summed E-state index contributed by atoms with van der Waals surface area (Å²) in [5.41, 5.74) is 1.90. The smallest absolute Gasteiger partial charge is 0.291 e. The fraction of sp³-hybridized carbons (Fsp3) is 0.105. The van der Waals surface area contributed by atoms with Crippen molar-refractivity contribution in [3.63, 3.8) is 0 Å². The van der Waals surface area contributed by atoms with Crippen LogP contribution in [0.5, 0.6) is 5.75 Å². The highest BCUT2D eigenvalue weighted by molar-refractivity contribution is 6.06. The fourth-order valence-corrected chi connectivity index (χ4v) is 2.79. The lowest BCUT2D eigenvalue weighted by atomic mass is 10.1. The number of para-hydroxylation sites is 1. The minimum absolute atomic E-state index is 0.253. The summed E-state index contributed by atoms with van der Waals surface area (Å²) < 4.78 is 12.8. The SMILES string of the molecule is COc1cccc2c(C)c(C(=O)Nc3ccc(-n4ccnc4)nc3)oc12. The molecule has 0 saturated carbocycles. The summed E-state index contributed by atoms with van der Waals surface area (Å²) in [6.07, 6.45) is 6.72. The number of aryl methyl sites for hydroxylation is 1. The topological polar surface area (TPSA) is 82.2 Å². The molecule has 0 spiro atoms. The van der Waals surface area contributed by atoms with Crippen molar-refractivity contribution in [2.45, 2.75) is 6.92 Å². The molecular weight excluding hydrogens is 332 g/mol. The summed E-state index contributed by atoms with van der Waals surface area (Å²) in [5, 5.41) is 3.66. The van der Waals surface area contributed by atoms with Gasteiger partial charge in [0.25, 0.3) is 5.91 Å². The summed E-state index contributed by atoms with van der Waals surface area (Å²) in [4.78, 5) is 20.9. The Morgan fingerprint density at radius 3 is 2.85 bits per heavy atom. The predicted molar refractivity (Wildman–Crippen MR) is 96.8 cm³/mol. The molecule has 4 aromatic rings. The zero-order chi connectivity index (χ0) is 18.1. The van der Waals surface area contributed by atoms with Crippen molar-refractivity contribution >= 4 is 22.6 Å². The van der Waals surface area contributed by atoms with E-state index in [1.807, 2.05) is 19.1 Å². The molecule has 1 amide bonds. The van der Waals surface area contributed by atoms with E-state index in [1.165, 1.54) is 0 Å². The molecule has 0 aliphatic heterocycles. The predicted octanol–water partition coefficient (Wildman–Crippen LogP) is 3.58. The average molecular weight is 348 g/mol. The Morgan fingerprint density at radius 2 is 2.15 bits per heavy atom. The van der Waals surface area contributed by atoms with E-state index in [1.54, 1.807) is 54.8 Å². The van der Waals surface area contributed by atoms with Gasteiger partial charge in [-0.25, -0.2) is 9.97 Å². The van der Waals surface area contributed by atoms with Gasteiger partial charge in [0, 0.05) is 23.3 Å². The molecule has 0 radical (unpaired) electrons. The number of aromatic nitrogens is 3. The van der Waals surface area contributed by atoms with Crippen LogP contribution in [-0.4, -0.2) is 27.6 Å². The first-order valence-corrected chi connectivity index (χ1v) is 7.99. The molecule has 3 aromatic heterocycles. The number of methoxy groups -OCH3 is 1. The van der Waals surface area contributed by atoms with Gasteiger partial charge in [-0.3, -0.25) is 9.36 Å². The van der Waals surface area contributed by atoms with E-state index >= 15 is 0 Å². The van der Waals surface area contributed by atoms with Crippen molar-refractivity contribution in [3.05, 3.63) is 66.6 Å². The van der Waals surface area contributed by atoms with Gasteiger partial charge in [-0.2, -0.15) is 0 Å². The first-order chi connectivity index (χ1) is 12.7. The molecule has 1 N–H and O–H groups in total. The summed E-state index contributed by atoms with van der Waals surface area (Å²) in [7, 11) is 1.57. The number of nitrogens with zero attached hydrogens (tertiary/aromatic N) is 3. The number of nitrogens with one attached hydrogen (secondary N) is 1. The van der Waals surface area contributed by atoms with E-state index in [-0.39, 0.29) is 11.7 Å². The van der Waals surface area contributed by atoms with Crippen LogP contribution in [-0.2, 0) is 0 Å². The van der Waals surface area contributed by atoms with Crippen LogP contribution < -0.4 is 10.1 Å². The lowest BCUT2D eigenvalue weighted by molar-refractivity contribution is 0.0997. The van der Waals surface area contributed by atoms with Crippen LogP contribution in [0.2, 0.25) is 0 Å². The molecule has 0 bridgehead atoms. The van der Waals surface area contributed by atoms with Crippen molar-refractivity contribution in [2.75, 3.05) is 12.4 Å². The Balaban J connectivity index is 1.60. The van der Waals surface area contributed by atoms with E-state index in [0.717, 1.165) is 10.9 Å². The van der Waals surface area contributed by atoms with Gasteiger partial charge in [-0.15, -0.1) is 0 Å². The first-order valence-electron chi connectivity index (χ1n) is 7.99. The van der Waals surface area contributed by atoms with Crippen molar-refractivity contribution < 1.29 is 13.9 Å². The largest absolute Gasteiger partial charge is 0.493 e. The number of imidazole rings is 1. The molecule has 7 heteroatoms. The lowest BCUT2D eigenvalue weighted by Gasteiger charge is -2.05. The Morgan fingerprint density at radius 1 is 1.27 bits per heavy atom. The van der Waals surface area contributed by atoms with Gasteiger partial charge in [-0.1, -0.05) is 12.1 Å². The molecule has 130 valence electrons. The number of rotatable bonds is 4. The van der Waals surface area contributed by atoms with Crippen LogP contribution >= 0.6 is 0 Å². The van der Waals surface area contributed by atoms with Crippen molar-refractivity contribution in [1.82, 2.24) is 14.5 Å². The molecule has 26 heavy (non-hydrogen) atoms. The Bertz CT molecular complexity index is 1070. The monoisotopic (exact) mass is 348 g/mol. The maximum absolute atomic E-state index is 12.6. The summed E-state index contributed by atoms with van der Waals surface area (Å²) in [6, 6.07) is 9.13. The van der Waals surface area contributed by atoms with Crippen LogP contribution in [0, 0.1) is 6.92 Å². The van der Waals surface area contributed by atoms with Crippen LogP contribution in [0.3, 0.4) is 0 Å². The number of hydrogen-bond donors (Lipinski definition) is 1. The minimum Gasteiger partial charge on any atom is -0.493 e. The number of fused-ring (bicyclic) bond motifs is 1. The normalized spacial score (nSPS) is 10.8. The van der Waals surface area contributed by atoms with Crippen LogP contribution in [0.1, 0.15) is 16.1 Å². The van der Waals surface area contributed by atoms with Crippen molar-refractivity contribution in [1.29, 1.82) is 0 Å². The second-order valence-electron chi connectivity index (χ2n) is 5.72. The standard InChI is InChI=1S/C19H16N4O3/c1-12-14-4-3-5-15(25-2)18(14)26-17(12)19(24)22-13-6-7-16(21-10-13)23-9-8-20-11-23/h3-11H,1-2H3,(H,22,24). The number of ether oxygens (including phenoxy) is 1. The third-order valence-corrected chi connectivity index (χ3v) is 4.13. The number of carbonyl (C=O) groups is 1. The number of benzene rings is 1. The first kappa shape index (κ1) is 15.9. The van der Waals surface area contributed by atoms with E-state index in [0.29, 0.717) is 22.8 Å². The number of carbonyl (C=O) groups excluding carboxylic acids is 1. The highest BCUT2D eigenvalue weighted by Gasteiger charge is 2.20. The summed E-state index contributed by atoms with van der Waals surface area (Å²) >= 11 is 0. The zero-order valence-electron chi connectivity index (χ0n) is 14.3. The minimum atomic E-state index is -0.335. The zero-order valence-corrected chi connectivity index (χ0v) is 14.3. The number of furan rings is 1. The summed E-state index contributed by atoms with van der Waals surface area (Å²) in [6.45, 7) is 1.85. The summed E-state index contributed by atoms with van der Waals surface area (Å²) in [5.74, 6) is 1.22. The second kappa shape index (κ2) is 6.36. The lowest BCUT2D eigenvalue weighted by Crippen LogP contribution is -2.12. The molecule has 0 aliphatic rings. The van der Waals surface area contributed by atoms with Crippen LogP contribution in [0.4, 0.5) is 5.69 Å². The quantitative estimate of drug-likeness (QED) is 0.609. The molecule has 7 nitrogen and oxygen atoms in total. The molecule has 3 heterocycles. The molecule has 0 saturated heterocycles. The number of hydrogen-bond acceptors (Lipinski definition) is 5. The average Bonchev–Trinajstić information content (AvgIpc) is 3.31. The van der Waals surface area contributed by atoms with Gasteiger partial charge >= 0.3 is 0 Å². The van der Waals surface area contributed by atoms with E-state index in [2.05, 4.69) is 15.3 Å². The Hall–Kier alpha value is -3.61. The van der Waals surface area contributed by atoms with Gasteiger partial charge < -0.3 is 14.5 Å². The van der Waals surface area contributed by atoms with E-state index in [9.17, 15) is 4.79 Å². The molecule has 0 atom stereocenters. The number of pyridine rings is 1. The van der Waals surface area contributed by atoms with Crippen LogP contribution in [0.15, 0.2) is 59.7 Å². The van der Waals surface area contributed by atoms with Gasteiger partial charge in [0.05, 0.1) is 19.0 Å². The van der Waals surface area contributed by atoms with Crippen LogP contribution in [0.25, 0.3) is 16.8 Å². The van der Waals surface area contributed by atoms with Gasteiger partial charge in [0.15, 0.2) is 17.1 Å². The molecular formula is C19H16N4O3. The molecule has 0 aliphatic carbocycles. The number of amides is 1. The maximum Gasteiger partial charge on any atom is 0.291 e. The third kappa shape index (κ3) is 2.69. The van der Waals surface area contributed by atoms with Gasteiger partial charge in [0.1, 0.15) is 12.1 Å². The number of anilines is 1. The second-order valence-corrected chi connectivity index (χ2v) is 5.72. The van der Waals surface area contributed by atoms with Gasteiger partial charge in [-0.05, 0) is 25.1 Å². The molecule has 4 rings (SSSR count). The van der Waals surface area contributed by atoms with Crippen molar-refractivity contribution in [2.24, 2.45) is 0 Å².